The molecule has 0 aliphatic heterocycles. The quantitative estimate of drug-likeness (QED) is 0.613. The Labute approximate surface area is 128 Å². The molecule has 0 bridgehead atoms. The third kappa shape index (κ3) is 2.83. The van der Waals surface area contributed by atoms with Crippen LogP contribution in [0.4, 0.5) is 8.78 Å². The maximum absolute atomic E-state index is 14.2. The van der Waals surface area contributed by atoms with Crippen molar-refractivity contribution in [1.29, 1.82) is 0 Å². The molecule has 0 heterocycles. The Kier molecular flexibility index (Phi) is 4.75. The Bertz CT molecular complexity index is 441. The first kappa shape index (κ1) is 17.1. The van der Waals surface area contributed by atoms with Crippen molar-refractivity contribution in [3.05, 3.63) is 0 Å². The molecule has 0 radical (unpaired) electrons. The number of halogens is 2. The molecule has 0 saturated heterocycles. The van der Waals surface area contributed by atoms with Crippen LogP contribution in [-0.4, -0.2) is 41.2 Å². The Balaban J connectivity index is 2.19. The second-order valence-electron chi connectivity index (χ2n) is 6.40. The molecule has 22 heavy (non-hydrogen) atoms. The van der Waals surface area contributed by atoms with Gasteiger partial charge in [-0.05, 0) is 32.1 Å². The molecule has 2 aliphatic rings. The number of alkyl halides is 2. The molecule has 2 rings (SSSR count). The van der Waals surface area contributed by atoms with Crippen molar-refractivity contribution in [2.45, 2.75) is 74.8 Å². The lowest BCUT2D eigenvalue weighted by atomic mass is 9.74. The molecule has 0 aromatic heterocycles. The lowest BCUT2D eigenvalue weighted by Gasteiger charge is -2.43. The van der Waals surface area contributed by atoms with Gasteiger partial charge >= 0.3 is 11.9 Å². The average Bonchev–Trinajstić information content (AvgIpc) is 2.70. The normalized spacial score (nSPS) is 23.8. The zero-order valence-electron chi connectivity index (χ0n) is 12.8. The third-order valence-corrected chi connectivity index (χ3v) is 4.94. The van der Waals surface area contributed by atoms with E-state index in [2.05, 4.69) is 5.32 Å². The number of hydrogen-bond donors (Lipinski definition) is 2. The molecular weight excluding hydrogens is 296 g/mol. The number of carbonyl (C=O) groups is 2. The van der Waals surface area contributed by atoms with Crippen LogP contribution in [0.15, 0.2) is 0 Å². The summed E-state index contributed by atoms with van der Waals surface area (Å²) < 4.78 is 33.2. The zero-order valence-corrected chi connectivity index (χ0v) is 12.8. The van der Waals surface area contributed by atoms with Gasteiger partial charge < -0.3 is 15.2 Å². The van der Waals surface area contributed by atoms with Crippen molar-refractivity contribution >= 4 is 11.9 Å². The molecule has 0 aromatic rings. The molecule has 2 saturated carbocycles. The first-order chi connectivity index (χ1) is 10.3. The number of methoxy groups -OCH3 is 1. The van der Waals surface area contributed by atoms with Gasteiger partial charge in [-0.3, -0.25) is 4.79 Å². The number of hydrogen-bond acceptors (Lipinski definition) is 4. The molecule has 126 valence electrons. The van der Waals surface area contributed by atoms with E-state index < -0.39 is 28.9 Å². The summed E-state index contributed by atoms with van der Waals surface area (Å²) in [5.74, 6) is -6.18. The van der Waals surface area contributed by atoms with Crippen molar-refractivity contribution in [2.75, 3.05) is 7.11 Å². The van der Waals surface area contributed by atoms with E-state index in [4.69, 9.17) is 4.74 Å². The molecule has 2 aliphatic carbocycles. The summed E-state index contributed by atoms with van der Waals surface area (Å²) in [5.41, 5.74) is -3.70. The number of carbonyl (C=O) groups excluding carboxylic acids is 2. The zero-order chi connectivity index (χ0) is 16.4. The first-order valence-corrected chi connectivity index (χ1v) is 7.79. The minimum absolute atomic E-state index is 0.112. The van der Waals surface area contributed by atoms with E-state index in [1.165, 1.54) is 7.11 Å². The molecule has 0 spiro atoms. The lowest BCUT2D eigenvalue weighted by Crippen LogP contribution is -2.65. The number of amides is 1. The predicted octanol–water partition coefficient (Wildman–Crippen LogP) is 1.92. The molecular formula is C15H23F2NO4. The molecule has 7 heteroatoms. The minimum Gasteiger partial charge on any atom is -0.467 e. The number of esters is 1. The standard InChI is InChI=1S/C15H23F2NO4/c1-22-12(20)13(7-4-2-3-5-8-13)18-11(19)15(16,17)14(21)9-6-10-14/h21H,2-10H2,1H3,(H,18,19). The van der Waals surface area contributed by atoms with Gasteiger partial charge in [-0.1, -0.05) is 25.7 Å². The van der Waals surface area contributed by atoms with E-state index in [0.29, 0.717) is 19.3 Å². The van der Waals surface area contributed by atoms with Crippen LogP contribution in [0.25, 0.3) is 0 Å². The summed E-state index contributed by atoms with van der Waals surface area (Å²) in [5, 5.41) is 12.1. The number of aliphatic hydroxyl groups is 1. The van der Waals surface area contributed by atoms with Gasteiger partial charge in [-0.2, -0.15) is 8.78 Å². The summed E-state index contributed by atoms with van der Waals surface area (Å²) in [7, 11) is 1.18. The van der Waals surface area contributed by atoms with Crippen LogP contribution in [0, 0.1) is 0 Å². The van der Waals surface area contributed by atoms with Gasteiger partial charge in [0.05, 0.1) is 7.11 Å². The van der Waals surface area contributed by atoms with Gasteiger partial charge in [0.2, 0.25) is 0 Å². The summed E-state index contributed by atoms with van der Waals surface area (Å²) >= 11 is 0. The highest BCUT2D eigenvalue weighted by molar-refractivity contribution is 5.92. The van der Waals surface area contributed by atoms with E-state index in [9.17, 15) is 23.5 Å². The Morgan fingerprint density at radius 1 is 1.05 bits per heavy atom. The summed E-state index contributed by atoms with van der Waals surface area (Å²) in [6.45, 7) is 0. The Morgan fingerprint density at radius 3 is 2.00 bits per heavy atom. The topological polar surface area (TPSA) is 75.6 Å². The monoisotopic (exact) mass is 319 g/mol. The molecule has 5 nitrogen and oxygen atoms in total. The van der Waals surface area contributed by atoms with Gasteiger partial charge in [0.25, 0.3) is 5.91 Å². The molecule has 0 atom stereocenters. The number of ether oxygens (including phenoxy) is 1. The van der Waals surface area contributed by atoms with Crippen LogP contribution in [0.3, 0.4) is 0 Å². The predicted molar refractivity (Wildman–Crippen MR) is 74.3 cm³/mol. The Morgan fingerprint density at radius 2 is 1.59 bits per heavy atom. The summed E-state index contributed by atoms with van der Waals surface area (Å²) in [6, 6.07) is 0. The Hall–Kier alpha value is -1.24. The smallest absolute Gasteiger partial charge is 0.352 e. The first-order valence-electron chi connectivity index (χ1n) is 7.79. The second kappa shape index (κ2) is 6.10. The summed E-state index contributed by atoms with van der Waals surface area (Å²) in [4.78, 5) is 24.2. The number of nitrogens with one attached hydrogen (secondary N) is 1. The van der Waals surface area contributed by atoms with Crippen molar-refractivity contribution < 1.29 is 28.2 Å². The summed E-state index contributed by atoms with van der Waals surface area (Å²) in [6.07, 6.45) is 3.87. The van der Waals surface area contributed by atoms with Gasteiger partial charge in [-0.25, -0.2) is 4.79 Å². The second-order valence-corrected chi connectivity index (χ2v) is 6.40. The van der Waals surface area contributed by atoms with Crippen molar-refractivity contribution in [2.24, 2.45) is 0 Å². The maximum atomic E-state index is 14.2. The lowest BCUT2D eigenvalue weighted by molar-refractivity contribution is -0.217. The van der Waals surface area contributed by atoms with Crippen LogP contribution < -0.4 is 5.32 Å². The largest absolute Gasteiger partial charge is 0.467 e. The van der Waals surface area contributed by atoms with E-state index in [1.807, 2.05) is 0 Å². The van der Waals surface area contributed by atoms with E-state index in [0.717, 1.165) is 12.8 Å². The van der Waals surface area contributed by atoms with Gasteiger partial charge in [0, 0.05) is 0 Å². The van der Waals surface area contributed by atoms with Crippen LogP contribution in [0.5, 0.6) is 0 Å². The molecule has 1 amide bonds. The fourth-order valence-corrected chi connectivity index (χ4v) is 3.24. The van der Waals surface area contributed by atoms with E-state index in [-0.39, 0.29) is 25.7 Å². The van der Waals surface area contributed by atoms with E-state index >= 15 is 0 Å². The molecule has 2 fully saturated rings. The highest BCUT2D eigenvalue weighted by Gasteiger charge is 2.62. The third-order valence-electron chi connectivity index (χ3n) is 4.94. The van der Waals surface area contributed by atoms with Crippen molar-refractivity contribution in [1.82, 2.24) is 5.32 Å². The van der Waals surface area contributed by atoms with Gasteiger partial charge in [0.15, 0.2) is 0 Å². The average molecular weight is 319 g/mol. The SMILES string of the molecule is COC(=O)C1(NC(=O)C(F)(F)C2(O)CCC2)CCCCCC1. The van der Waals surface area contributed by atoms with Crippen LogP contribution in [-0.2, 0) is 14.3 Å². The fraction of sp³-hybridized carbons (Fsp3) is 0.867. The number of rotatable bonds is 4. The minimum atomic E-state index is -3.90. The highest BCUT2D eigenvalue weighted by atomic mass is 19.3. The van der Waals surface area contributed by atoms with Gasteiger partial charge in [0.1, 0.15) is 11.1 Å². The molecule has 2 N–H and O–H groups in total. The van der Waals surface area contributed by atoms with Crippen LogP contribution in [0.2, 0.25) is 0 Å². The molecule has 0 aromatic carbocycles. The highest BCUT2D eigenvalue weighted by Crippen LogP contribution is 2.44. The van der Waals surface area contributed by atoms with Crippen molar-refractivity contribution in [3.8, 4) is 0 Å². The fourth-order valence-electron chi connectivity index (χ4n) is 3.24. The van der Waals surface area contributed by atoms with Crippen molar-refractivity contribution in [3.63, 3.8) is 0 Å². The van der Waals surface area contributed by atoms with Gasteiger partial charge in [-0.15, -0.1) is 0 Å². The maximum Gasteiger partial charge on any atom is 0.352 e. The van der Waals surface area contributed by atoms with Crippen LogP contribution >= 0.6 is 0 Å². The van der Waals surface area contributed by atoms with Crippen LogP contribution in [0.1, 0.15) is 57.8 Å². The molecule has 0 unspecified atom stereocenters. The van der Waals surface area contributed by atoms with E-state index in [1.54, 1.807) is 0 Å².